The van der Waals surface area contributed by atoms with Crippen LogP contribution in [-0.2, 0) is 0 Å². The molecule has 7 nitrogen and oxygen atoms in total. The minimum absolute atomic E-state index is 0.537. The smallest absolute Gasteiger partial charge is 0.180 e. The van der Waals surface area contributed by atoms with Gasteiger partial charge < -0.3 is 19.9 Å². The second-order valence-corrected chi connectivity index (χ2v) is 4.61. The number of aromatic nitrogens is 3. The Bertz CT molecular complexity index is 782. The molecule has 0 aliphatic rings. The molecule has 21 heavy (non-hydrogen) atoms. The molecule has 0 bridgehead atoms. The van der Waals surface area contributed by atoms with Gasteiger partial charge in [0.1, 0.15) is 5.75 Å². The number of nitrogens with one attached hydrogen (secondary N) is 2. The topological polar surface area (TPSA) is 89.5 Å². The molecule has 1 aromatic carbocycles. The maximum atomic E-state index is 5.45. The maximum Gasteiger partial charge on any atom is 0.180 e. The average Bonchev–Trinajstić information content (AvgIpc) is 2.96. The van der Waals surface area contributed by atoms with Crippen LogP contribution in [0.15, 0.2) is 36.8 Å². The van der Waals surface area contributed by atoms with Crippen LogP contribution in [0.5, 0.6) is 5.75 Å². The standard InChI is InChI=1S/C14H16N6O/c1-9-3-4-11(21-2)10(7-9)17-13-14-16-5-6-20(14)8-12(18-13)19-15/h3-8,19H,15H2,1-2H3,(H,17,18). The second kappa shape index (κ2) is 5.29. The van der Waals surface area contributed by atoms with E-state index in [1.807, 2.05) is 35.7 Å². The van der Waals surface area contributed by atoms with E-state index in [4.69, 9.17) is 10.6 Å². The zero-order valence-electron chi connectivity index (χ0n) is 11.8. The third kappa shape index (κ3) is 2.46. The summed E-state index contributed by atoms with van der Waals surface area (Å²) in [5.41, 5.74) is 5.19. The number of nitrogens with two attached hydrogens (primary N) is 1. The molecule has 2 aromatic heterocycles. The van der Waals surface area contributed by atoms with E-state index in [0.29, 0.717) is 17.3 Å². The van der Waals surface area contributed by atoms with E-state index in [0.717, 1.165) is 17.0 Å². The number of nitrogen functional groups attached to an aromatic ring is 1. The van der Waals surface area contributed by atoms with Crippen molar-refractivity contribution in [2.45, 2.75) is 6.92 Å². The lowest BCUT2D eigenvalue weighted by atomic mass is 10.2. The monoisotopic (exact) mass is 284 g/mol. The number of hydrazine groups is 1. The highest BCUT2D eigenvalue weighted by Crippen LogP contribution is 2.29. The van der Waals surface area contributed by atoms with Gasteiger partial charge in [0.2, 0.25) is 0 Å². The predicted molar refractivity (Wildman–Crippen MR) is 81.8 cm³/mol. The highest BCUT2D eigenvalue weighted by molar-refractivity contribution is 5.74. The van der Waals surface area contributed by atoms with Crippen LogP contribution in [0.3, 0.4) is 0 Å². The van der Waals surface area contributed by atoms with Crippen LogP contribution in [0.25, 0.3) is 5.65 Å². The summed E-state index contributed by atoms with van der Waals surface area (Å²) in [7, 11) is 1.63. The molecule has 4 N–H and O–H groups in total. The Labute approximate surface area is 121 Å². The Morgan fingerprint density at radius 2 is 2.19 bits per heavy atom. The van der Waals surface area contributed by atoms with Gasteiger partial charge in [0.05, 0.1) is 19.0 Å². The molecule has 0 amide bonds. The zero-order chi connectivity index (χ0) is 14.8. The first-order chi connectivity index (χ1) is 10.2. The van der Waals surface area contributed by atoms with Gasteiger partial charge in [0.15, 0.2) is 17.3 Å². The Morgan fingerprint density at radius 3 is 2.95 bits per heavy atom. The summed E-state index contributed by atoms with van der Waals surface area (Å²) in [5, 5.41) is 3.25. The van der Waals surface area contributed by atoms with E-state index in [-0.39, 0.29) is 0 Å². The summed E-state index contributed by atoms with van der Waals surface area (Å²) in [6.45, 7) is 2.01. The SMILES string of the molecule is COc1ccc(C)cc1Nc1nc(NN)cn2ccnc12. The Balaban J connectivity index is 2.09. The van der Waals surface area contributed by atoms with E-state index >= 15 is 0 Å². The molecule has 7 heteroatoms. The van der Waals surface area contributed by atoms with Gasteiger partial charge in [0.25, 0.3) is 0 Å². The Hall–Kier alpha value is -2.80. The number of methoxy groups -OCH3 is 1. The van der Waals surface area contributed by atoms with Gasteiger partial charge in [-0.25, -0.2) is 15.8 Å². The number of ether oxygens (including phenoxy) is 1. The lowest BCUT2D eigenvalue weighted by Crippen LogP contribution is -2.11. The van der Waals surface area contributed by atoms with E-state index in [1.165, 1.54) is 0 Å². The highest BCUT2D eigenvalue weighted by atomic mass is 16.5. The molecule has 108 valence electrons. The summed E-state index contributed by atoms with van der Waals surface area (Å²) in [4.78, 5) is 8.70. The molecule has 0 saturated heterocycles. The van der Waals surface area contributed by atoms with Crippen molar-refractivity contribution in [3.63, 3.8) is 0 Å². The van der Waals surface area contributed by atoms with Gasteiger partial charge >= 0.3 is 0 Å². The predicted octanol–water partition coefficient (Wildman–Crippen LogP) is 2.08. The lowest BCUT2D eigenvalue weighted by Gasteiger charge is -2.13. The van der Waals surface area contributed by atoms with Crippen LogP contribution < -0.4 is 21.3 Å². The van der Waals surface area contributed by atoms with E-state index in [1.54, 1.807) is 19.5 Å². The minimum Gasteiger partial charge on any atom is -0.495 e. The third-order valence-electron chi connectivity index (χ3n) is 3.13. The molecule has 0 radical (unpaired) electrons. The first kappa shape index (κ1) is 13.2. The van der Waals surface area contributed by atoms with Crippen molar-refractivity contribution in [2.24, 2.45) is 5.84 Å². The largest absolute Gasteiger partial charge is 0.495 e. The van der Waals surface area contributed by atoms with Gasteiger partial charge in [-0.15, -0.1) is 0 Å². The maximum absolute atomic E-state index is 5.45. The number of hydrogen-bond donors (Lipinski definition) is 3. The number of fused-ring (bicyclic) bond motifs is 1. The number of nitrogens with zero attached hydrogens (tertiary/aromatic N) is 3. The normalized spacial score (nSPS) is 10.6. The molecule has 0 saturated carbocycles. The van der Waals surface area contributed by atoms with Crippen molar-refractivity contribution in [3.05, 3.63) is 42.4 Å². The van der Waals surface area contributed by atoms with Gasteiger partial charge in [-0.3, -0.25) is 0 Å². The molecule has 0 aliphatic carbocycles. The molecule has 0 spiro atoms. The lowest BCUT2D eigenvalue weighted by molar-refractivity contribution is 0.416. The van der Waals surface area contributed by atoms with Crippen molar-refractivity contribution in [1.29, 1.82) is 0 Å². The summed E-state index contributed by atoms with van der Waals surface area (Å²) < 4.78 is 7.20. The summed E-state index contributed by atoms with van der Waals surface area (Å²) in [5.74, 6) is 7.32. The van der Waals surface area contributed by atoms with Crippen molar-refractivity contribution >= 4 is 23.0 Å². The molecule has 0 aliphatic heterocycles. The number of hydrogen-bond acceptors (Lipinski definition) is 6. The van der Waals surface area contributed by atoms with Crippen molar-refractivity contribution in [3.8, 4) is 5.75 Å². The quantitative estimate of drug-likeness (QED) is 0.502. The zero-order valence-corrected chi connectivity index (χ0v) is 11.8. The van der Waals surface area contributed by atoms with Crippen LogP contribution in [0, 0.1) is 6.92 Å². The number of imidazole rings is 1. The molecular weight excluding hydrogens is 268 g/mol. The number of rotatable bonds is 4. The van der Waals surface area contributed by atoms with Crippen LogP contribution >= 0.6 is 0 Å². The molecule has 2 heterocycles. The van der Waals surface area contributed by atoms with Gasteiger partial charge in [-0.2, -0.15) is 0 Å². The Morgan fingerprint density at radius 1 is 1.33 bits per heavy atom. The molecule has 0 unspecified atom stereocenters. The molecule has 3 rings (SSSR count). The summed E-state index contributed by atoms with van der Waals surface area (Å²) in [6.07, 6.45) is 5.30. The first-order valence-electron chi connectivity index (χ1n) is 6.43. The van der Waals surface area contributed by atoms with E-state index in [2.05, 4.69) is 20.7 Å². The fourth-order valence-electron chi connectivity index (χ4n) is 2.13. The Kier molecular flexibility index (Phi) is 3.33. The van der Waals surface area contributed by atoms with E-state index in [9.17, 15) is 0 Å². The van der Waals surface area contributed by atoms with Crippen molar-refractivity contribution in [1.82, 2.24) is 14.4 Å². The second-order valence-electron chi connectivity index (χ2n) is 4.61. The fourth-order valence-corrected chi connectivity index (χ4v) is 2.13. The molecule has 0 atom stereocenters. The van der Waals surface area contributed by atoms with Crippen LogP contribution in [0.1, 0.15) is 5.56 Å². The number of aryl methyl sites for hydroxylation is 1. The van der Waals surface area contributed by atoms with Crippen molar-refractivity contribution < 1.29 is 4.74 Å². The highest BCUT2D eigenvalue weighted by Gasteiger charge is 2.10. The molecule has 0 fully saturated rings. The fraction of sp³-hybridized carbons (Fsp3) is 0.143. The molecular formula is C14H16N6O. The first-order valence-corrected chi connectivity index (χ1v) is 6.43. The summed E-state index contributed by atoms with van der Waals surface area (Å²) in [6, 6.07) is 5.88. The third-order valence-corrected chi connectivity index (χ3v) is 3.13. The van der Waals surface area contributed by atoms with Crippen LogP contribution in [0.4, 0.5) is 17.3 Å². The molecule has 3 aromatic rings. The number of benzene rings is 1. The number of anilines is 3. The van der Waals surface area contributed by atoms with Gasteiger partial charge in [-0.05, 0) is 24.6 Å². The van der Waals surface area contributed by atoms with Crippen LogP contribution in [0.2, 0.25) is 0 Å². The van der Waals surface area contributed by atoms with Crippen molar-refractivity contribution in [2.75, 3.05) is 17.9 Å². The van der Waals surface area contributed by atoms with Gasteiger partial charge in [-0.1, -0.05) is 6.07 Å². The van der Waals surface area contributed by atoms with E-state index < -0.39 is 0 Å². The van der Waals surface area contributed by atoms with Crippen LogP contribution in [-0.4, -0.2) is 21.5 Å². The average molecular weight is 284 g/mol. The summed E-state index contributed by atoms with van der Waals surface area (Å²) >= 11 is 0. The van der Waals surface area contributed by atoms with Gasteiger partial charge in [0, 0.05) is 12.4 Å². The minimum atomic E-state index is 0.537.